The molecular formula is C16H24FN. The maximum atomic E-state index is 12.9. The average molecular weight is 249 g/mol. The predicted octanol–water partition coefficient (Wildman–Crippen LogP) is 3.88. The average Bonchev–Trinajstić information content (AvgIpc) is 2.80. The summed E-state index contributed by atoms with van der Waals surface area (Å²) in [4.78, 5) is 2.60. The van der Waals surface area contributed by atoms with Crippen molar-refractivity contribution in [3.63, 3.8) is 0 Å². The summed E-state index contributed by atoms with van der Waals surface area (Å²) in [5.41, 5.74) is 1.50. The molecule has 1 unspecified atom stereocenters. The molecule has 0 N–H and O–H groups in total. The Labute approximate surface area is 110 Å². The van der Waals surface area contributed by atoms with Crippen LogP contribution in [0.3, 0.4) is 0 Å². The SMILES string of the molecule is CC(C)(C)C(Cc1ccc(F)cc1)N1CCCC1. The molecule has 1 saturated heterocycles. The number of nitrogens with zero attached hydrogens (tertiary/aromatic N) is 1. The minimum absolute atomic E-state index is 0.146. The van der Waals surface area contributed by atoms with E-state index in [4.69, 9.17) is 0 Å². The Morgan fingerprint density at radius 2 is 1.67 bits per heavy atom. The van der Waals surface area contributed by atoms with Crippen molar-refractivity contribution < 1.29 is 4.39 Å². The lowest BCUT2D eigenvalue weighted by Crippen LogP contribution is -2.43. The third kappa shape index (κ3) is 3.32. The van der Waals surface area contributed by atoms with Gasteiger partial charge in [0.05, 0.1) is 0 Å². The zero-order chi connectivity index (χ0) is 13.2. The third-order valence-electron chi connectivity index (χ3n) is 3.92. The van der Waals surface area contributed by atoms with Crippen molar-refractivity contribution in [2.45, 2.75) is 46.1 Å². The van der Waals surface area contributed by atoms with Crippen LogP contribution in [0.5, 0.6) is 0 Å². The highest BCUT2D eigenvalue weighted by molar-refractivity contribution is 5.18. The van der Waals surface area contributed by atoms with Crippen molar-refractivity contribution in [1.29, 1.82) is 0 Å². The van der Waals surface area contributed by atoms with Gasteiger partial charge in [-0.25, -0.2) is 4.39 Å². The van der Waals surface area contributed by atoms with Gasteiger partial charge in [0, 0.05) is 6.04 Å². The highest BCUT2D eigenvalue weighted by Crippen LogP contribution is 2.30. The molecule has 0 saturated carbocycles. The molecule has 0 radical (unpaired) electrons. The number of halogens is 1. The van der Waals surface area contributed by atoms with E-state index in [9.17, 15) is 4.39 Å². The number of rotatable bonds is 3. The summed E-state index contributed by atoms with van der Waals surface area (Å²) >= 11 is 0. The molecule has 0 amide bonds. The van der Waals surface area contributed by atoms with E-state index in [-0.39, 0.29) is 11.2 Å². The maximum Gasteiger partial charge on any atom is 0.123 e. The molecule has 0 aliphatic carbocycles. The molecule has 1 nitrogen and oxygen atoms in total. The van der Waals surface area contributed by atoms with Crippen LogP contribution in [0.1, 0.15) is 39.2 Å². The van der Waals surface area contributed by atoms with E-state index in [2.05, 4.69) is 25.7 Å². The monoisotopic (exact) mass is 249 g/mol. The van der Waals surface area contributed by atoms with Gasteiger partial charge in [-0.15, -0.1) is 0 Å². The predicted molar refractivity (Wildman–Crippen MR) is 74.2 cm³/mol. The molecule has 0 aromatic heterocycles. The van der Waals surface area contributed by atoms with Gasteiger partial charge in [0.25, 0.3) is 0 Å². The molecule has 1 aromatic carbocycles. The molecule has 2 heteroatoms. The Kier molecular flexibility index (Phi) is 4.06. The molecule has 2 rings (SSSR count). The Morgan fingerprint density at radius 3 is 2.17 bits per heavy atom. The molecule has 1 aliphatic rings. The van der Waals surface area contributed by atoms with Gasteiger partial charge in [-0.05, 0) is 55.5 Å². The van der Waals surface area contributed by atoms with Crippen LogP contribution in [0.15, 0.2) is 24.3 Å². The molecular weight excluding hydrogens is 225 g/mol. The first-order valence-corrected chi connectivity index (χ1v) is 6.95. The normalized spacial score (nSPS) is 19.1. The van der Waals surface area contributed by atoms with Gasteiger partial charge in [0.15, 0.2) is 0 Å². The molecule has 1 fully saturated rings. The van der Waals surface area contributed by atoms with Crippen LogP contribution in [0.2, 0.25) is 0 Å². The zero-order valence-electron chi connectivity index (χ0n) is 11.7. The summed E-state index contributed by atoms with van der Waals surface area (Å²) < 4.78 is 12.9. The lowest BCUT2D eigenvalue weighted by molar-refractivity contribution is 0.124. The molecule has 1 atom stereocenters. The molecule has 100 valence electrons. The van der Waals surface area contributed by atoms with E-state index in [0.29, 0.717) is 6.04 Å². The van der Waals surface area contributed by atoms with Gasteiger partial charge in [0.1, 0.15) is 5.82 Å². The highest BCUT2D eigenvalue weighted by atomic mass is 19.1. The smallest absolute Gasteiger partial charge is 0.123 e. The van der Waals surface area contributed by atoms with Crippen molar-refractivity contribution >= 4 is 0 Å². The Bertz CT molecular complexity index is 371. The van der Waals surface area contributed by atoms with Crippen molar-refractivity contribution in [3.05, 3.63) is 35.6 Å². The first kappa shape index (κ1) is 13.5. The minimum Gasteiger partial charge on any atom is -0.300 e. The number of benzene rings is 1. The molecule has 18 heavy (non-hydrogen) atoms. The van der Waals surface area contributed by atoms with Crippen LogP contribution in [0, 0.1) is 11.2 Å². The largest absolute Gasteiger partial charge is 0.300 e. The van der Waals surface area contributed by atoms with Crippen molar-refractivity contribution in [2.75, 3.05) is 13.1 Å². The second-order valence-electron chi connectivity index (χ2n) is 6.46. The molecule has 1 aliphatic heterocycles. The Morgan fingerprint density at radius 1 is 1.11 bits per heavy atom. The van der Waals surface area contributed by atoms with Crippen LogP contribution in [0.4, 0.5) is 4.39 Å². The van der Waals surface area contributed by atoms with Crippen LogP contribution in [0.25, 0.3) is 0 Å². The summed E-state index contributed by atoms with van der Waals surface area (Å²) in [5.74, 6) is -0.146. The highest BCUT2D eigenvalue weighted by Gasteiger charge is 2.31. The Balaban J connectivity index is 2.12. The zero-order valence-corrected chi connectivity index (χ0v) is 11.7. The standard InChI is InChI=1S/C16H24FN/c1-16(2,3)15(18-10-4-5-11-18)12-13-6-8-14(17)9-7-13/h6-9,15H,4-5,10-12H2,1-3H3. The van der Waals surface area contributed by atoms with E-state index < -0.39 is 0 Å². The van der Waals surface area contributed by atoms with E-state index in [1.165, 1.54) is 31.5 Å². The van der Waals surface area contributed by atoms with Crippen LogP contribution < -0.4 is 0 Å². The number of hydrogen-bond donors (Lipinski definition) is 0. The fourth-order valence-electron chi connectivity index (χ4n) is 2.88. The van der Waals surface area contributed by atoms with Crippen LogP contribution in [-0.4, -0.2) is 24.0 Å². The quantitative estimate of drug-likeness (QED) is 0.786. The van der Waals surface area contributed by atoms with E-state index in [0.717, 1.165) is 6.42 Å². The topological polar surface area (TPSA) is 3.24 Å². The molecule has 0 bridgehead atoms. The molecule has 0 spiro atoms. The van der Waals surface area contributed by atoms with Gasteiger partial charge < -0.3 is 0 Å². The fraction of sp³-hybridized carbons (Fsp3) is 0.625. The summed E-state index contributed by atoms with van der Waals surface area (Å²) in [6.07, 6.45) is 3.65. The number of hydrogen-bond acceptors (Lipinski definition) is 1. The van der Waals surface area contributed by atoms with Gasteiger partial charge >= 0.3 is 0 Å². The van der Waals surface area contributed by atoms with Crippen molar-refractivity contribution in [1.82, 2.24) is 4.90 Å². The maximum absolute atomic E-state index is 12.9. The second-order valence-corrected chi connectivity index (χ2v) is 6.46. The van der Waals surface area contributed by atoms with Gasteiger partial charge in [-0.2, -0.15) is 0 Å². The van der Waals surface area contributed by atoms with E-state index in [1.54, 1.807) is 12.1 Å². The van der Waals surface area contributed by atoms with Crippen LogP contribution in [-0.2, 0) is 6.42 Å². The van der Waals surface area contributed by atoms with E-state index in [1.807, 2.05) is 12.1 Å². The van der Waals surface area contributed by atoms with Gasteiger partial charge in [-0.1, -0.05) is 32.9 Å². The Hall–Kier alpha value is -0.890. The lowest BCUT2D eigenvalue weighted by atomic mass is 9.82. The fourth-order valence-corrected chi connectivity index (χ4v) is 2.88. The third-order valence-corrected chi connectivity index (χ3v) is 3.92. The summed E-state index contributed by atoms with van der Waals surface area (Å²) in [6.45, 7) is 9.34. The molecule has 1 heterocycles. The summed E-state index contributed by atoms with van der Waals surface area (Å²) in [6, 6.07) is 7.53. The summed E-state index contributed by atoms with van der Waals surface area (Å²) in [5, 5.41) is 0. The second kappa shape index (κ2) is 5.40. The lowest BCUT2D eigenvalue weighted by Gasteiger charge is -2.38. The van der Waals surface area contributed by atoms with Gasteiger partial charge in [0.2, 0.25) is 0 Å². The van der Waals surface area contributed by atoms with Crippen LogP contribution >= 0.6 is 0 Å². The van der Waals surface area contributed by atoms with Gasteiger partial charge in [-0.3, -0.25) is 4.90 Å². The van der Waals surface area contributed by atoms with Crippen molar-refractivity contribution in [3.8, 4) is 0 Å². The number of likely N-dealkylation sites (tertiary alicyclic amines) is 1. The van der Waals surface area contributed by atoms with Crippen molar-refractivity contribution in [2.24, 2.45) is 5.41 Å². The minimum atomic E-state index is -0.146. The first-order chi connectivity index (χ1) is 8.47. The summed E-state index contributed by atoms with van der Waals surface area (Å²) in [7, 11) is 0. The first-order valence-electron chi connectivity index (χ1n) is 6.95. The van der Waals surface area contributed by atoms with E-state index >= 15 is 0 Å². The molecule has 1 aromatic rings.